The van der Waals surface area contributed by atoms with Crippen LogP contribution in [0.25, 0.3) is 0 Å². The molecule has 1 N–H and O–H groups in total. The fourth-order valence-corrected chi connectivity index (χ4v) is 1.59. The van der Waals surface area contributed by atoms with Crippen molar-refractivity contribution in [3.63, 3.8) is 0 Å². The summed E-state index contributed by atoms with van der Waals surface area (Å²) in [5.74, 6) is 0. The van der Waals surface area contributed by atoms with Crippen molar-refractivity contribution in [3.8, 4) is 0 Å². The largest absolute Gasteiger partial charge is 0.379 e. The molecule has 0 amide bonds. The Morgan fingerprint density at radius 1 is 1.23 bits per heavy atom. The Labute approximate surface area is 81.4 Å². The first-order valence-corrected chi connectivity index (χ1v) is 5.44. The van der Waals surface area contributed by atoms with Gasteiger partial charge in [-0.25, -0.2) is 0 Å². The summed E-state index contributed by atoms with van der Waals surface area (Å²) < 4.78 is 5.29. The lowest BCUT2D eigenvalue weighted by Crippen LogP contribution is -2.37. The van der Waals surface area contributed by atoms with Crippen molar-refractivity contribution in [2.45, 2.75) is 19.8 Å². The van der Waals surface area contributed by atoms with Crippen molar-refractivity contribution >= 4 is 0 Å². The predicted molar refractivity (Wildman–Crippen MR) is 55.0 cm³/mol. The molecule has 0 radical (unpaired) electrons. The van der Waals surface area contributed by atoms with Crippen LogP contribution < -0.4 is 5.32 Å². The molecule has 1 rings (SSSR count). The van der Waals surface area contributed by atoms with Gasteiger partial charge in [0, 0.05) is 13.1 Å². The smallest absolute Gasteiger partial charge is 0.0594 e. The zero-order valence-corrected chi connectivity index (χ0v) is 8.72. The summed E-state index contributed by atoms with van der Waals surface area (Å²) >= 11 is 0. The van der Waals surface area contributed by atoms with Crippen molar-refractivity contribution in [2.75, 3.05) is 45.9 Å². The van der Waals surface area contributed by atoms with Crippen LogP contribution in [-0.4, -0.2) is 50.8 Å². The lowest BCUT2D eigenvalue weighted by molar-refractivity contribution is 0.0372. The molecule has 0 aromatic rings. The van der Waals surface area contributed by atoms with Crippen molar-refractivity contribution in [1.29, 1.82) is 0 Å². The van der Waals surface area contributed by atoms with Gasteiger partial charge >= 0.3 is 0 Å². The second-order valence-corrected chi connectivity index (χ2v) is 3.51. The van der Waals surface area contributed by atoms with Gasteiger partial charge in [-0.15, -0.1) is 0 Å². The summed E-state index contributed by atoms with van der Waals surface area (Å²) in [6, 6.07) is 0. The third kappa shape index (κ3) is 5.24. The van der Waals surface area contributed by atoms with Crippen LogP contribution in [0.5, 0.6) is 0 Å². The van der Waals surface area contributed by atoms with Crippen molar-refractivity contribution in [1.82, 2.24) is 10.2 Å². The molecule has 0 bridgehead atoms. The maximum atomic E-state index is 5.29. The molecule has 1 heterocycles. The van der Waals surface area contributed by atoms with E-state index >= 15 is 0 Å². The Morgan fingerprint density at radius 2 is 2.00 bits per heavy atom. The summed E-state index contributed by atoms with van der Waals surface area (Å²) in [5, 5.41) is 3.34. The van der Waals surface area contributed by atoms with Gasteiger partial charge in [-0.05, 0) is 32.5 Å². The van der Waals surface area contributed by atoms with Gasteiger partial charge in [0.1, 0.15) is 0 Å². The molecule has 1 aliphatic rings. The standard InChI is InChI=1S/C10H22N2O/c1-2-11-5-3-4-6-12-7-9-13-10-8-12/h11H,2-10H2,1H3. The van der Waals surface area contributed by atoms with Gasteiger partial charge in [-0.3, -0.25) is 4.90 Å². The first-order valence-electron chi connectivity index (χ1n) is 5.44. The van der Waals surface area contributed by atoms with Crippen molar-refractivity contribution in [2.24, 2.45) is 0 Å². The first kappa shape index (κ1) is 11.0. The molecular weight excluding hydrogens is 164 g/mol. The average Bonchev–Trinajstić information content (AvgIpc) is 2.19. The van der Waals surface area contributed by atoms with Crippen LogP contribution in [0.1, 0.15) is 19.8 Å². The Bertz CT molecular complexity index is 113. The van der Waals surface area contributed by atoms with Crippen LogP contribution in [0, 0.1) is 0 Å². The van der Waals surface area contributed by atoms with Gasteiger partial charge in [0.2, 0.25) is 0 Å². The van der Waals surface area contributed by atoms with E-state index in [0.29, 0.717) is 0 Å². The summed E-state index contributed by atoms with van der Waals surface area (Å²) in [6.45, 7) is 9.76. The molecule has 0 atom stereocenters. The van der Waals surface area contributed by atoms with E-state index in [2.05, 4.69) is 17.1 Å². The second-order valence-electron chi connectivity index (χ2n) is 3.51. The molecular formula is C10H22N2O. The lowest BCUT2D eigenvalue weighted by Gasteiger charge is -2.26. The van der Waals surface area contributed by atoms with E-state index in [1.165, 1.54) is 25.9 Å². The number of hydrogen-bond donors (Lipinski definition) is 1. The van der Waals surface area contributed by atoms with Crippen LogP contribution in [0.15, 0.2) is 0 Å². The Hall–Kier alpha value is -0.120. The zero-order valence-electron chi connectivity index (χ0n) is 8.72. The Kier molecular flexibility index (Phi) is 6.15. The number of nitrogens with one attached hydrogen (secondary N) is 1. The van der Waals surface area contributed by atoms with Crippen molar-refractivity contribution in [3.05, 3.63) is 0 Å². The molecule has 0 aromatic carbocycles. The third-order valence-electron chi connectivity index (χ3n) is 2.43. The number of nitrogens with zero attached hydrogens (tertiary/aromatic N) is 1. The second kappa shape index (κ2) is 7.30. The highest BCUT2D eigenvalue weighted by atomic mass is 16.5. The fraction of sp³-hybridized carbons (Fsp3) is 1.00. The Morgan fingerprint density at radius 3 is 2.69 bits per heavy atom. The van der Waals surface area contributed by atoms with Gasteiger partial charge in [0.15, 0.2) is 0 Å². The molecule has 0 unspecified atom stereocenters. The number of ether oxygens (including phenoxy) is 1. The fourth-order valence-electron chi connectivity index (χ4n) is 1.59. The normalized spacial score (nSPS) is 19.2. The molecule has 0 aliphatic carbocycles. The molecule has 0 aromatic heterocycles. The quantitative estimate of drug-likeness (QED) is 0.618. The van der Waals surface area contributed by atoms with E-state index in [1.54, 1.807) is 0 Å². The van der Waals surface area contributed by atoms with Crippen LogP contribution in [0.2, 0.25) is 0 Å². The number of rotatable bonds is 6. The maximum absolute atomic E-state index is 5.29. The summed E-state index contributed by atoms with van der Waals surface area (Å²) in [6.07, 6.45) is 2.61. The minimum Gasteiger partial charge on any atom is -0.379 e. The van der Waals surface area contributed by atoms with E-state index < -0.39 is 0 Å². The molecule has 3 nitrogen and oxygen atoms in total. The van der Waals surface area contributed by atoms with Gasteiger partial charge in [0.25, 0.3) is 0 Å². The summed E-state index contributed by atoms with van der Waals surface area (Å²) in [5.41, 5.74) is 0. The van der Waals surface area contributed by atoms with E-state index in [0.717, 1.165) is 32.8 Å². The van der Waals surface area contributed by atoms with Gasteiger partial charge in [-0.1, -0.05) is 6.92 Å². The monoisotopic (exact) mass is 186 g/mol. The molecule has 0 saturated carbocycles. The molecule has 13 heavy (non-hydrogen) atoms. The van der Waals surface area contributed by atoms with Crippen LogP contribution in [0.3, 0.4) is 0 Å². The Balaban J connectivity index is 1.86. The van der Waals surface area contributed by atoms with E-state index in [4.69, 9.17) is 4.74 Å². The highest BCUT2D eigenvalue weighted by molar-refractivity contribution is 4.61. The van der Waals surface area contributed by atoms with Gasteiger partial charge in [0.05, 0.1) is 13.2 Å². The zero-order chi connectivity index (χ0) is 9.36. The lowest BCUT2D eigenvalue weighted by atomic mass is 10.2. The molecule has 1 saturated heterocycles. The summed E-state index contributed by atoms with van der Waals surface area (Å²) in [7, 11) is 0. The molecule has 78 valence electrons. The van der Waals surface area contributed by atoms with Gasteiger partial charge < -0.3 is 10.1 Å². The van der Waals surface area contributed by atoms with E-state index in [-0.39, 0.29) is 0 Å². The van der Waals surface area contributed by atoms with Gasteiger partial charge in [-0.2, -0.15) is 0 Å². The number of unbranched alkanes of at least 4 members (excludes halogenated alkanes) is 1. The average molecular weight is 186 g/mol. The highest BCUT2D eigenvalue weighted by Crippen LogP contribution is 1.99. The van der Waals surface area contributed by atoms with Crippen LogP contribution in [0.4, 0.5) is 0 Å². The van der Waals surface area contributed by atoms with Crippen LogP contribution >= 0.6 is 0 Å². The first-order chi connectivity index (χ1) is 6.43. The highest BCUT2D eigenvalue weighted by Gasteiger charge is 2.08. The number of morpholine rings is 1. The molecule has 1 aliphatic heterocycles. The predicted octanol–water partition coefficient (Wildman–Crippen LogP) is 0.708. The van der Waals surface area contributed by atoms with E-state index in [1.807, 2.05) is 0 Å². The maximum Gasteiger partial charge on any atom is 0.0594 e. The molecule has 0 spiro atoms. The topological polar surface area (TPSA) is 24.5 Å². The molecule has 3 heteroatoms. The minimum absolute atomic E-state index is 0.924. The third-order valence-corrected chi connectivity index (χ3v) is 2.43. The number of hydrogen-bond acceptors (Lipinski definition) is 3. The summed E-state index contributed by atoms with van der Waals surface area (Å²) in [4.78, 5) is 2.50. The minimum atomic E-state index is 0.924. The SMILES string of the molecule is CCNCCCCN1CCOCC1. The van der Waals surface area contributed by atoms with Crippen LogP contribution in [-0.2, 0) is 4.74 Å². The van der Waals surface area contributed by atoms with Crippen molar-refractivity contribution < 1.29 is 4.74 Å². The molecule has 1 fully saturated rings. The van der Waals surface area contributed by atoms with E-state index in [9.17, 15) is 0 Å².